The molecule has 15 heavy (non-hydrogen) atoms. The lowest BCUT2D eigenvalue weighted by molar-refractivity contribution is -0.126. The minimum absolute atomic E-state index is 0.0307. The molecule has 0 saturated heterocycles. The second-order valence-corrected chi connectivity index (χ2v) is 3.45. The lowest BCUT2D eigenvalue weighted by atomic mass is 10.4. The summed E-state index contributed by atoms with van der Waals surface area (Å²) in [4.78, 5) is 16.9. The smallest absolute Gasteiger partial charge is 0.243 e. The molecule has 0 fully saturated rings. The lowest BCUT2D eigenvalue weighted by Crippen LogP contribution is -2.29. The summed E-state index contributed by atoms with van der Waals surface area (Å²) in [5.41, 5.74) is 1.60. The number of nitrogens with zero attached hydrogens (tertiary/aromatic N) is 4. The second kappa shape index (κ2) is 4.68. The van der Waals surface area contributed by atoms with Crippen molar-refractivity contribution in [1.29, 1.82) is 0 Å². The number of aromatic nitrogens is 3. The van der Waals surface area contributed by atoms with Crippen molar-refractivity contribution in [2.45, 2.75) is 13.8 Å². The summed E-state index contributed by atoms with van der Waals surface area (Å²) in [5, 5.41) is 10.5. The highest BCUT2D eigenvalue weighted by molar-refractivity contribution is 5.79. The molecule has 1 rings (SSSR count). The largest absolute Gasteiger partial charge is 0.347 e. The maximum atomic E-state index is 11.3. The maximum Gasteiger partial charge on any atom is 0.243 e. The molecule has 0 unspecified atom stereocenters. The number of hydrogen-bond donors (Lipinski definition) is 1. The Labute approximate surface area is 88.7 Å². The maximum absolute atomic E-state index is 11.3. The monoisotopic (exact) mass is 209 g/mol. The summed E-state index contributed by atoms with van der Waals surface area (Å²) in [5.74, 6) is 0.352. The number of carbonyl (C=O) groups is 1. The Bertz CT molecular complexity index is 364. The summed E-state index contributed by atoms with van der Waals surface area (Å²) in [7, 11) is 3.40. The minimum Gasteiger partial charge on any atom is -0.347 e. The topological polar surface area (TPSA) is 71.0 Å². The summed E-state index contributed by atoms with van der Waals surface area (Å²) in [6, 6.07) is 0. The van der Waals surface area contributed by atoms with Crippen LogP contribution in [0.25, 0.3) is 0 Å². The Balaban J connectivity index is 2.58. The molecule has 0 aliphatic heterocycles. The number of aryl methyl sites for hydroxylation is 2. The van der Waals surface area contributed by atoms with Crippen LogP contribution in [0, 0.1) is 13.8 Å². The normalized spacial score (nSPS) is 9.87. The summed E-state index contributed by atoms with van der Waals surface area (Å²) < 4.78 is 0. The highest BCUT2D eigenvalue weighted by Gasteiger charge is 2.05. The van der Waals surface area contributed by atoms with Crippen LogP contribution >= 0.6 is 0 Å². The molecule has 1 heterocycles. The van der Waals surface area contributed by atoms with E-state index in [2.05, 4.69) is 20.5 Å². The molecule has 1 aromatic heterocycles. The third kappa shape index (κ3) is 3.16. The van der Waals surface area contributed by atoms with Crippen molar-refractivity contribution in [3.05, 3.63) is 11.4 Å². The van der Waals surface area contributed by atoms with Crippen LogP contribution in [-0.2, 0) is 4.79 Å². The van der Waals surface area contributed by atoms with E-state index in [0.29, 0.717) is 5.95 Å². The average molecular weight is 209 g/mol. The summed E-state index contributed by atoms with van der Waals surface area (Å²) >= 11 is 0. The number of anilines is 1. The van der Waals surface area contributed by atoms with Crippen LogP contribution in [-0.4, -0.2) is 46.6 Å². The molecule has 0 saturated carbocycles. The van der Waals surface area contributed by atoms with E-state index >= 15 is 0 Å². The van der Waals surface area contributed by atoms with Crippen molar-refractivity contribution >= 4 is 11.9 Å². The molecular formula is C9H15N5O. The van der Waals surface area contributed by atoms with Gasteiger partial charge in [-0.1, -0.05) is 0 Å². The Kier molecular flexibility index (Phi) is 3.54. The molecule has 6 nitrogen and oxygen atoms in total. The van der Waals surface area contributed by atoms with E-state index in [0.717, 1.165) is 11.4 Å². The molecule has 1 aromatic rings. The zero-order valence-corrected chi connectivity index (χ0v) is 9.40. The predicted molar refractivity (Wildman–Crippen MR) is 56.5 cm³/mol. The standard InChI is InChI=1S/C9H15N5O/c1-6-7(2)12-13-9(11-6)10-5-8(15)14(3)4/h5H2,1-4H3,(H,10,11,13). The molecule has 0 atom stereocenters. The predicted octanol–water partition coefficient (Wildman–Crippen LogP) is -0.0115. The van der Waals surface area contributed by atoms with Crippen LogP contribution in [0.1, 0.15) is 11.4 Å². The van der Waals surface area contributed by atoms with Crippen LogP contribution in [0.15, 0.2) is 0 Å². The number of nitrogens with one attached hydrogen (secondary N) is 1. The van der Waals surface area contributed by atoms with Crippen molar-refractivity contribution in [3.8, 4) is 0 Å². The SMILES string of the molecule is Cc1nnc(NCC(=O)N(C)C)nc1C. The van der Waals surface area contributed by atoms with Gasteiger partial charge in [-0.25, -0.2) is 4.98 Å². The Morgan fingerprint density at radius 2 is 1.93 bits per heavy atom. The van der Waals surface area contributed by atoms with Gasteiger partial charge in [-0.15, -0.1) is 5.10 Å². The van der Waals surface area contributed by atoms with Gasteiger partial charge in [-0.05, 0) is 13.8 Å². The molecule has 0 aromatic carbocycles. The molecule has 0 radical (unpaired) electrons. The van der Waals surface area contributed by atoms with Crippen LogP contribution in [0.3, 0.4) is 0 Å². The first kappa shape index (κ1) is 11.4. The van der Waals surface area contributed by atoms with E-state index in [-0.39, 0.29) is 12.5 Å². The number of hydrogen-bond acceptors (Lipinski definition) is 5. The quantitative estimate of drug-likeness (QED) is 0.758. The summed E-state index contributed by atoms with van der Waals surface area (Å²) in [6.07, 6.45) is 0. The number of carbonyl (C=O) groups excluding carboxylic acids is 1. The van der Waals surface area contributed by atoms with E-state index in [1.54, 1.807) is 14.1 Å². The van der Waals surface area contributed by atoms with Crippen molar-refractivity contribution < 1.29 is 4.79 Å². The van der Waals surface area contributed by atoms with Gasteiger partial charge >= 0.3 is 0 Å². The molecule has 0 aliphatic rings. The Hall–Kier alpha value is -1.72. The number of amides is 1. The molecule has 0 bridgehead atoms. The van der Waals surface area contributed by atoms with Crippen LogP contribution in [0.2, 0.25) is 0 Å². The first-order valence-corrected chi connectivity index (χ1v) is 4.62. The average Bonchev–Trinajstić information content (AvgIpc) is 2.19. The fraction of sp³-hybridized carbons (Fsp3) is 0.556. The van der Waals surface area contributed by atoms with Crippen molar-refractivity contribution in [3.63, 3.8) is 0 Å². The molecule has 0 aliphatic carbocycles. The number of likely N-dealkylation sites (N-methyl/N-ethyl adjacent to an activating group) is 1. The van der Waals surface area contributed by atoms with Crippen molar-refractivity contribution in [2.75, 3.05) is 26.0 Å². The highest BCUT2D eigenvalue weighted by atomic mass is 16.2. The van der Waals surface area contributed by atoms with E-state index in [4.69, 9.17) is 0 Å². The molecular weight excluding hydrogens is 194 g/mol. The molecule has 0 spiro atoms. The van der Waals surface area contributed by atoms with Crippen LogP contribution in [0.5, 0.6) is 0 Å². The van der Waals surface area contributed by atoms with Gasteiger partial charge in [0.1, 0.15) is 0 Å². The van der Waals surface area contributed by atoms with Gasteiger partial charge in [-0.2, -0.15) is 5.10 Å². The Morgan fingerprint density at radius 3 is 2.47 bits per heavy atom. The van der Waals surface area contributed by atoms with E-state index in [1.165, 1.54) is 4.90 Å². The fourth-order valence-electron chi connectivity index (χ4n) is 0.845. The highest BCUT2D eigenvalue weighted by Crippen LogP contribution is 2.01. The van der Waals surface area contributed by atoms with Gasteiger partial charge in [0, 0.05) is 14.1 Å². The molecule has 6 heteroatoms. The van der Waals surface area contributed by atoms with Gasteiger partial charge in [0.15, 0.2) is 0 Å². The number of rotatable bonds is 3. The van der Waals surface area contributed by atoms with Gasteiger partial charge in [0.2, 0.25) is 11.9 Å². The van der Waals surface area contributed by atoms with Gasteiger partial charge in [-0.3, -0.25) is 4.79 Å². The second-order valence-electron chi connectivity index (χ2n) is 3.45. The Morgan fingerprint density at radius 1 is 1.27 bits per heavy atom. The van der Waals surface area contributed by atoms with Crippen molar-refractivity contribution in [1.82, 2.24) is 20.1 Å². The van der Waals surface area contributed by atoms with Gasteiger partial charge < -0.3 is 10.2 Å². The zero-order valence-electron chi connectivity index (χ0n) is 9.40. The third-order valence-electron chi connectivity index (χ3n) is 1.99. The zero-order chi connectivity index (χ0) is 11.4. The summed E-state index contributed by atoms with van der Waals surface area (Å²) in [6.45, 7) is 3.87. The van der Waals surface area contributed by atoms with E-state index in [1.807, 2.05) is 13.8 Å². The van der Waals surface area contributed by atoms with E-state index < -0.39 is 0 Å². The van der Waals surface area contributed by atoms with E-state index in [9.17, 15) is 4.79 Å². The van der Waals surface area contributed by atoms with Crippen molar-refractivity contribution in [2.24, 2.45) is 0 Å². The van der Waals surface area contributed by atoms with Crippen LogP contribution < -0.4 is 5.32 Å². The first-order valence-electron chi connectivity index (χ1n) is 4.62. The molecule has 82 valence electrons. The minimum atomic E-state index is -0.0307. The molecule has 1 N–H and O–H groups in total. The van der Waals surface area contributed by atoms with Gasteiger partial charge in [0.25, 0.3) is 0 Å². The lowest BCUT2D eigenvalue weighted by Gasteiger charge is -2.10. The molecule has 1 amide bonds. The fourth-order valence-corrected chi connectivity index (χ4v) is 0.845. The third-order valence-corrected chi connectivity index (χ3v) is 1.99. The first-order chi connectivity index (χ1) is 7.00. The van der Waals surface area contributed by atoms with Crippen LogP contribution in [0.4, 0.5) is 5.95 Å². The van der Waals surface area contributed by atoms with Gasteiger partial charge in [0.05, 0.1) is 17.9 Å².